The van der Waals surface area contributed by atoms with E-state index < -0.39 is 12.0 Å². The fourth-order valence-electron chi connectivity index (χ4n) is 1.67. The molecule has 2 rings (SSSR count). The average Bonchev–Trinajstić information content (AvgIpc) is 2.48. The molecule has 2 aromatic carbocycles. The van der Waals surface area contributed by atoms with Crippen LogP contribution in [0.4, 0.5) is 10.5 Å². The number of benzene rings is 2. The Morgan fingerprint density at radius 3 is 2.52 bits per heavy atom. The van der Waals surface area contributed by atoms with E-state index in [-0.39, 0.29) is 17.2 Å². The number of carbonyl (C=O) groups is 2. The summed E-state index contributed by atoms with van der Waals surface area (Å²) in [5.41, 5.74) is 6.58. The van der Waals surface area contributed by atoms with Crippen LogP contribution < -0.4 is 11.1 Å². The third-order valence-corrected chi connectivity index (χ3v) is 3.02. The van der Waals surface area contributed by atoms with Gasteiger partial charge in [-0.1, -0.05) is 41.9 Å². The van der Waals surface area contributed by atoms with E-state index in [2.05, 4.69) is 5.32 Å². The maximum Gasteiger partial charge on any atom is 0.411 e. The van der Waals surface area contributed by atoms with Gasteiger partial charge in [-0.25, -0.2) is 4.79 Å². The summed E-state index contributed by atoms with van der Waals surface area (Å²) in [7, 11) is 0. The second kappa shape index (κ2) is 6.76. The van der Waals surface area contributed by atoms with Crippen LogP contribution in [0.3, 0.4) is 0 Å². The zero-order valence-electron chi connectivity index (χ0n) is 11.0. The van der Waals surface area contributed by atoms with Crippen molar-refractivity contribution in [3.05, 3.63) is 64.7 Å². The summed E-state index contributed by atoms with van der Waals surface area (Å²) in [6.07, 6.45) is -0.628. The highest BCUT2D eigenvalue weighted by molar-refractivity contribution is 6.33. The van der Waals surface area contributed by atoms with Crippen LogP contribution in [-0.4, -0.2) is 12.0 Å². The molecular weight excluding hydrogens is 292 g/mol. The van der Waals surface area contributed by atoms with E-state index in [1.807, 2.05) is 30.3 Å². The monoisotopic (exact) mass is 304 g/mol. The van der Waals surface area contributed by atoms with Crippen molar-refractivity contribution in [2.24, 2.45) is 5.73 Å². The Morgan fingerprint density at radius 2 is 1.86 bits per heavy atom. The van der Waals surface area contributed by atoms with Crippen molar-refractivity contribution in [1.29, 1.82) is 0 Å². The lowest BCUT2D eigenvalue weighted by Gasteiger charge is -2.08. The fraction of sp³-hybridized carbons (Fsp3) is 0.0667. The maximum absolute atomic E-state index is 11.7. The van der Waals surface area contributed by atoms with Crippen molar-refractivity contribution in [3.8, 4) is 0 Å². The van der Waals surface area contributed by atoms with E-state index in [1.54, 1.807) is 6.07 Å². The molecule has 21 heavy (non-hydrogen) atoms. The van der Waals surface area contributed by atoms with E-state index in [9.17, 15) is 9.59 Å². The Kier molecular flexibility index (Phi) is 4.79. The number of hydrogen-bond acceptors (Lipinski definition) is 3. The number of carbonyl (C=O) groups excluding carboxylic acids is 2. The minimum Gasteiger partial charge on any atom is -0.444 e. The topological polar surface area (TPSA) is 81.4 Å². The van der Waals surface area contributed by atoms with Gasteiger partial charge >= 0.3 is 6.09 Å². The van der Waals surface area contributed by atoms with Gasteiger partial charge in [0.15, 0.2) is 0 Å². The van der Waals surface area contributed by atoms with Crippen molar-refractivity contribution in [2.45, 2.75) is 6.61 Å². The lowest BCUT2D eigenvalue weighted by Crippen LogP contribution is -2.15. The summed E-state index contributed by atoms with van der Waals surface area (Å²) >= 11 is 5.82. The molecule has 108 valence electrons. The van der Waals surface area contributed by atoms with Crippen molar-refractivity contribution in [3.63, 3.8) is 0 Å². The van der Waals surface area contributed by atoms with Gasteiger partial charge in [-0.3, -0.25) is 10.1 Å². The molecule has 0 radical (unpaired) electrons. The molecule has 0 spiro atoms. The first-order valence-corrected chi connectivity index (χ1v) is 6.51. The van der Waals surface area contributed by atoms with E-state index in [0.717, 1.165) is 5.56 Å². The molecule has 5 nitrogen and oxygen atoms in total. The summed E-state index contributed by atoms with van der Waals surface area (Å²) in [6, 6.07) is 13.7. The smallest absolute Gasteiger partial charge is 0.411 e. The summed E-state index contributed by atoms with van der Waals surface area (Å²) in [5.74, 6) is -0.665. The largest absolute Gasteiger partial charge is 0.444 e. The summed E-state index contributed by atoms with van der Waals surface area (Å²) < 4.78 is 5.06. The van der Waals surface area contributed by atoms with Gasteiger partial charge in [0.25, 0.3) is 0 Å². The van der Waals surface area contributed by atoms with Crippen molar-refractivity contribution in [1.82, 2.24) is 0 Å². The van der Waals surface area contributed by atoms with Crippen LogP contribution in [0.2, 0.25) is 5.02 Å². The first kappa shape index (κ1) is 14.9. The van der Waals surface area contributed by atoms with Gasteiger partial charge in [0, 0.05) is 5.69 Å². The first-order chi connectivity index (χ1) is 10.1. The molecule has 2 amide bonds. The number of amides is 2. The van der Waals surface area contributed by atoms with E-state index in [1.165, 1.54) is 12.1 Å². The summed E-state index contributed by atoms with van der Waals surface area (Å²) in [6.45, 7) is 0.156. The third-order valence-electron chi connectivity index (χ3n) is 2.69. The molecule has 0 aliphatic rings. The SMILES string of the molecule is NC(=O)c1cc(NC(=O)OCc2ccccc2)ccc1Cl. The molecule has 3 N–H and O–H groups in total. The number of nitrogens with two attached hydrogens (primary N) is 1. The molecule has 0 aromatic heterocycles. The van der Waals surface area contributed by atoms with Gasteiger partial charge < -0.3 is 10.5 Å². The molecular formula is C15H13ClN2O3. The predicted molar refractivity (Wildman–Crippen MR) is 80.2 cm³/mol. The lowest BCUT2D eigenvalue weighted by molar-refractivity contribution is 0.1000. The zero-order chi connectivity index (χ0) is 15.2. The van der Waals surface area contributed by atoms with Crippen LogP contribution in [0.15, 0.2) is 48.5 Å². The summed E-state index contributed by atoms with van der Waals surface area (Å²) in [5, 5.41) is 2.73. The number of primary amides is 1. The normalized spacial score (nSPS) is 9.95. The molecule has 0 aliphatic carbocycles. The zero-order valence-corrected chi connectivity index (χ0v) is 11.8. The number of rotatable bonds is 4. The molecule has 2 aromatic rings. The average molecular weight is 305 g/mol. The third kappa shape index (κ3) is 4.22. The molecule has 0 unspecified atom stereocenters. The van der Waals surface area contributed by atoms with Crippen LogP contribution in [0.5, 0.6) is 0 Å². The lowest BCUT2D eigenvalue weighted by atomic mass is 10.2. The molecule has 0 fully saturated rings. The Labute approximate surface area is 126 Å². The van der Waals surface area contributed by atoms with E-state index in [4.69, 9.17) is 22.1 Å². The van der Waals surface area contributed by atoms with Gasteiger partial charge in [0.05, 0.1) is 10.6 Å². The van der Waals surface area contributed by atoms with Gasteiger partial charge in [0.2, 0.25) is 5.91 Å². The van der Waals surface area contributed by atoms with Gasteiger partial charge in [-0.15, -0.1) is 0 Å². The molecule has 0 aliphatic heterocycles. The Bertz CT molecular complexity index is 659. The van der Waals surface area contributed by atoms with Crippen LogP contribution >= 0.6 is 11.6 Å². The highest BCUT2D eigenvalue weighted by Gasteiger charge is 2.10. The molecule has 0 bridgehead atoms. The van der Waals surface area contributed by atoms with Crippen LogP contribution in [0.1, 0.15) is 15.9 Å². The van der Waals surface area contributed by atoms with Crippen LogP contribution in [-0.2, 0) is 11.3 Å². The standard InChI is InChI=1S/C15H13ClN2O3/c16-13-7-6-11(8-12(13)14(17)19)18-15(20)21-9-10-4-2-1-3-5-10/h1-8H,9H2,(H2,17,19)(H,18,20). The molecule has 0 atom stereocenters. The fourth-order valence-corrected chi connectivity index (χ4v) is 1.88. The Balaban J connectivity index is 1.97. The molecule has 0 saturated carbocycles. The number of ether oxygens (including phenoxy) is 1. The number of hydrogen-bond donors (Lipinski definition) is 2. The molecule has 0 saturated heterocycles. The maximum atomic E-state index is 11.7. The Hall–Kier alpha value is -2.53. The van der Waals surface area contributed by atoms with Crippen molar-refractivity contribution >= 4 is 29.3 Å². The highest BCUT2D eigenvalue weighted by Crippen LogP contribution is 2.20. The second-order valence-electron chi connectivity index (χ2n) is 4.25. The minimum atomic E-state index is -0.665. The van der Waals surface area contributed by atoms with Gasteiger partial charge in [0.1, 0.15) is 6.61 Å². The predicted octanol–water partition coefficient (Wildman–Crippen LogP) is 3.19. The highest BCUT2D eigenvalue weighted by atomic mass is 35.5. The number of anilines is 1. The molecule has 0 heterocycles. The Morgan fingerprint density at radius 1 is 1.14 bits per heavy atom. The van der Waals surface area contributed by atoms with Gasteiger partial charge in [-0.05, 0) is 23.8 Å². The van der Waals surface area contributed by atoms with Crippen molar-refractivity contribution in [2.75, 3.05) is 5.32 Å². The number of halogens is 1. The first-order valence-electron chi connectivity index (χ1n) is 6.13. The van der Waals surface area contributed by atoms with Gasteiger partial charge in [-0.2, -0.15) is 0 Å². The number of nitrogens with one attached hydrogen (secondary N) is 1. The molecule has 6 heteroatoms. The van der Waals surface area contributed by atoms with Crippen LogP contribution in [0.25, 0.3) is 0 Å². The van der Waals surface area contributed by atoms with E-state index >= 15 is 0 Å². The second-order valence-corrected chi connectivity index (χ2v) is 4.65. The summed E-state index contributed by atoms with van der Waals surface area (Å²) in [4.78, 5) is 22.8. The van der Waals surface area contributed by atoms with Crippen molar-refractivity contribution < 1.29 is 14.3 Å². The van der Waals surface area contributed by atoms with Crippen LogP contribution in [0, 0.1) is 0 Å². The van der Waals surface area contributed by atoms with E-state index in [0.29, 0.717) is 5.69 Å². The minimum absolute atomic E-state index is 0.137. The quantitative estimate of drug-likeness (QED) is 0.910.